The number of hydrogen-bond acceptors (Lipinski definition) is 12. The first-order valence-electron chi connectivity index (χ1n) is 35.0. The van der Waals surface area contributed by atoms with E-state index in [1.54, 1.807) is 0 Å². The maximum absolute atomic E-state index is 3.36. The zero-order chi connectivity index (χ0) is 61.2. The Morgan fingerprint density at radius 3 is 1.31 bits per heavy atom. The smallest absolute Gasteiger partial charge is 0.0576 e. The molecule has 2 aliphatic carbocycles. The molecule has 2 unspecified atom stereocenters. The van der Waals surface area contributed by atoms with Crippen LogP contribution in [0.25, 0.3) is 0 Å². The third-order valence-corrected chi connectivity index (χ3v) is 18.8. The lowest BCUT2D eigenvalue weighted by atomic mass is 9.99. The Kier molecular flexibility index (Phi) is 47.0. The highest BCUT2D eigenvalue weighted by Crippen LogP contribution is 2.24. The van der Waals surface area contributed by atoms with Gasteiger partial charge in [0.05, 0.1) is 11.4 Å². The van der Waals surface area contributed by atoms with Gasteiger partial charge >= 0.3 is 0 Å². The largest absolute Gasteiger partial charge is 0.391 e. The van der Waals surface area contributed by atoms with Gasteiger partial charge in [-0.1, -0.05) is 134 Å². The second-order valence-corrected chi connectivity index (χ2v) is 26.6. The van der Waals surface area contributed by atoms with Crippen LogP contribution >= 0.6 is 35.3 Å². The summed E-state index contributed by atoms with van der Waals surface area (Å²) in [7, 11) is 0. The number of piperidine rings is 1. The van der Waals surface area contributed by atoms with E-state index in [9.17, 15) is 0 Å². The van der Waals surface area contributed by atoms with Gasteiger partial charge in [0.15, 0.2) is 0 Å². The van der Waals surface area contributed by atoms with E-state index in [1.807, 2.05) is 59.8 Å². The van der Waals surface area contributed by atoms with Crippen molar-refractivity contribution in [1.29, 1.82) is 0 Å². The van der Waals surface area contributed by atoms with Crippen LogP contribution in [0.5, 0.6) is 0 Å². The van der Waals surface area contributed by atoms with E-state index >= 15 is 0 Å². The SMILES string of the molecule is C1=CC2CCCCN2CC1.C1=CC2CCCN2CC1.C1=CCCC1.C1=CCCCC1.C1=CCNCC1.C1=CCSC1.C1=CNCC1.C1=CNCCC1.C1=CSCC1.C1=CSCCC1.C1CCNC1.c1ccc2c(c1)CCCN2.c1ccc2c(c1)NCCN2. The Labute approximate surface area is 551 Å². The van der Waals surface area contributed by atoms with E-state index in [0.717, 1.165) is 57.9 Å². The summed E-state index contributed by atoms with van der Waals surface area (Å²) < 4.78 is 0. The highest BCUT2D eigenvalue weighted by molar-refractivity contribution is 8.02. The number of nitrogens with one attached hydrogen (secondary N) is 7. The lowest BCUT2D eigenvalue weighted by Gasteiger charge is -2.35. The molecule has 2 atom stereocenters. The average molecular weight is 1260 g/mol. The Morgan fingerprint density at radius 1 is 0.352 bits per heavy atom. The molecule has 0 aromatic heterocycles. The molecule has 488 valence electrons. The zero-order valence-electron chi connectivity index (χ0n) is 54.6. The molecule has 3 fully saturated rings. The Balaban J connectivity index is 0.000000175. The molecule has 2 aromatic carbocycles. The maximum atomic E-state index is 3.36. The summed E-state index contributed by atoms with van der Waals surface area (Å²) in [6.45, 7) is 15.5. The number of fused-ring (bicyclic) bond motifs is 4. The molecule has 13 heterocycles. The topological polar surface area (TPSA) is 90.7 Å². The number of thioether (sulfide) groups is 3. The van der Waals surface area contributed by atoms with Gasteiger partial charge in [-0.05, 0) is 240 Å². The van der Waals surface area contributed by atoms with Gasteiger partial charge in [-0.2, -0.15) is 11.8 Å². The molecular weight excluding hydrogens is 1140 g/mol. The van der Waals surface area contributed by atoms with Crippen molar-refractivity contribution in [2.45, 2.75) is 173 Å². The van der Waals surface area contributed by atoms with Crippen molar-refractivity contribution in [3.05, 3.63) is 175 Å². The summed E-state index contributed by atoms with van der Waals surface area (Å²) in [6, 6.07) is 18.4. The molecule has 17 rings (SSSR count). The molecular formula is C76H121N9S3. The Morgan fingerprint density at radius 2 is 0.920 bits per heavy atom. The van der Waals surface area contributed by atoms with Gasteiger partial charge in [0.2, 0.25) is 0 Å². The molecule has 0 radical (unpaired) electrons. The molecule has 12 heteroatoms. The molecule has 0 bridgehead atoms. The summed E-state index contributed by atoms with van der Waals surface area (Å²) in [5.41, 5.74) is 5.23. The van der Waals surface area contributed by atoms with Crippen LogP contribution in [0.1, 0.15) is 160 Å². The predicted molar refractivity (Wildman–Crippen MR) is 399 cm³/mol. The lowest BCUT2D eigenvalue weighted by Crippen LogP contribution is -2.40. The number of para-hydroxylation sites is 3. The van der Waals surface area contributed by atoms with Crippen molar-refractivity contribution in [2.24, 2.45) is 0 Å². The second kappa shape index (κ2) is 55.6. The molecule has 15 aliphatic rings. The Bertz CT molecular complexity index is 1980. The number of nitrogens with zero attached hydrogens (tertiary/aromatic N) is 2. The third-order valence-electron chi connectivity index (χ3n) is 16.2. The van der Waals surface area contributed by atoms with Gasteiger partial charge in [0.1, 0.15) is 0 Å². The molecule has 9 nitrogen and oxygen atoms in total. The first-order chi connectivity index (χ1) is 43.9. The number of anilines is 3. The fraction of sp³-hybridized carbons (Fsp3) is 0.579. The highest BCUT2D eigenvalue weighted by Gasteiger charge is 2.23. The number of aryl methyl sites for hydroxylation is 1. The quantitative estimate of drug-likeness (QED) is 0.128. The second-order valence-electron chi connectivity index (χ2n) is 23.5. The molecule has 0 amide bonds. The normalized spacial score (nSPS) is 22.6. The summed E-state index contributed by atoms with van der Waals surface area (Å²) in [6.07, 6.45) is 73.2. The van der Waals surface area contributed by atoms with Crippen LogP contribution in [0.3, 0.4) is 0 Å². The van der Waals surface area contributed by atoms with Crippen molar-refractivity contribution in [3.63, 3.8) is 0 Å². The van der Waals surface area contributed by atoms with Gasteiger partial charge < -0.3 is 37.2 Å². The van der Waals surface area contributed by atoms with Crippen LogP contribution in [0.2, 0.25) is 0 Å². The number of rotatable bonds is 0. The number of hydrogen-bond donors (Lipinski definition) is 7. The number of benzene rings is 2. The minimum atomic E-state index is 0.808. The van der Waals surface area contributed by atoms with Crippen LogP contribution in [0.4, 0.5) is 17.1 Å². The summed E-state index contributed by atoms with van der Waals surface area (Å²) in [5, 5.41) is 26.9. The Hall–Kier alpha value is -4.27. The van der Waals surface area contributed by atoms with E-state index in [2.05, 4.69) is 191 Å². The van der Waals surface area contributed by atoms with Crippen molar-refractivity contribution < 1.29 is 0 Å². The van der Waals surface area contributed by atoms with Gasteiger partial charge in [-0.3, -0.25) is 9.80 Å². The average Bonchev–Trinajstić information content (AvgIpc) is 4.61. The van der Waals surface area contributed by atoms with Crippen molar-refractivity contribution in [3.8, 4) is 0 Å². The van der Waals surface area contributed by atoms with Crippen molar-refractivity contribution >= 4 is 52.3 Å². The zero-order valence-corrected chi connectivity index (χ0v) is 57.1. The van der Waals surface area contributed by atoms with E-state index in [0.29, 0.717) is 0 Å². The molecule has 88 heavy (non-hydrogen) atoms. The first-order valence-corrected chi connectivity index (χ1v) is 38.2. The third kappa shape index (κ3) is 39.8. The standard InChI is InChI=1S/C9H15N.C9H11N.C8H10N2.C8H13N.C6H10.2C5H9N.C5H8S.C5H8.C4H9N.C4H7N.2C4H6S/c1-3-7-10-8-4-2-6-9(10)5-1;1-2-6-9-8(4-1)5-3-7-10-9;1-2-4-8-7(3-1)9-5-6-10-8;1-2-6-9-7-3-5-8(9)4-1;4*1-2-4-6-5-3-1;5*1-2-4-5-3-1/h1,5,9H,2-4,6-8H2;1-2,4,6,10H,3,5,7H2;1-4,9-10H,5-6H2;1,4,8H,2-3,5-7H2;1-2H,3-6H2;2,4,6H,1,3,5H2;1-2,6H,3-5H2;2,4H,1,3,5H2;1-2H,3-5H2;5H,1-4H2;1,3,5H,2,4H2;1,3H,2,4H2;1-2H,3-4H2. The fourth-order valence-electron chi connectivity index (χ4n) is 11.1. The van der Waals surface area contributed by atoms with Gasteiger partial charge in [-0.15, -0.1) is 23.5 Å². The molecule has 3 saturated heterocycles. The fourth-order valence-corrected chi connectivity index (χ4v) is 13.3. The lowest BCUT2D eigenvalue weighted by molar-refractivity contribution is 0.175. The van der Waals surface area contributed by atoms with E-state index in [-0.39, 0.29) is 0 Å². The van der Waals surface area contributed by atoms with E-state index in [1.165, 1.54) is 245 Å². The highest BCUT2D eigenvalue weighted by atomic mass is 32.2. The molecule has 0 saturated carbocycles. The summed E-state index contributed by atoms with van der Waals surface area (Å²) in [5.74, 6) is 5.11. The van der Waals surface area contributed by atoms with Gasteiger partial charge in [-0.25, -0.2) is 0 Å². The monoisotopic (exact) mass is 1260 g/mol. The van der Waals surface area contributed by atoms with Gasteiger partial charge in [0.25, 0.3) is 0 Å². The molecule has 0 spiro atoms. The molecule has 7 N–H and O–H groups in total. The van der Waals surface area contributed by atoms with Crippen LogP contribution in [-0.2, 0) is 6.42 Å². The van der Waals surface area contributed by atoms with E-state index in [4.69, 9.17) is 0 Å². The molecule has 13 aliphatic heterocycles. The van der Waals surface area contributed by atoms with Crippen LogP contribution in [-0.4, -0.2) is 130 Å². The number of allylic oxidation sites excluding steroid dienone is 7. The minimum Gasteiger partial charge on any atom is -0.391 e. The summed E-state index contributed by atoms with van der Waals surface area (Å²) in [4.78, 5) is 5.20. The van der Waals surface area contributed by atoms with Crippen molar-refractivity contribution in [1.82, 2.24) is 31.1 Å². The van der Waals surface area contributed by atoms with Crippen LogP contribution < -0.4 is 37.2 Å². The first kappa shape index (κ1) is 74.5. The van der Waals surface area contributed by atoms with Crippen molar-refractivity contribution in [2.75, 3.05) is 124 Å². The minimum absolute atomic E-state index is 0.808. The van der Waals surface area contributed by atoms with Gasteiger partial charge in [0, 0.05) is 87.4 Å². The maximum Gasteiger partial charge on any atom is 0.0576 e. The van der Waals surface area contributed by atoms with E-state index < -0.39 is 0 Å². The molecule has 2 aromatic rings. The predicted octanol–water partition coefficient (Wildman–Crippen LogP) is 17.9. The summed E-state index contributed by atoms with van der Waals surface area (Å²) >= 11 is 5.77. The van der Waals surface area contributed by atoms with Crippen LogP contribution in [0, 0.1) is 0 Å². The van der Waals surface area contributed by atoms with Crippen LogP contribution in [0.15, 0.2) is 169 Å².